The van der Waals surface area contributed by atoms with Gasteiger partial charge in [-0.05, 0) is 24.6 Å². The van der Waals surface area contributed by atoms with Crippen molar-refractivity contribution >= 4 is 5.82 Å². The maximum atomic E-state index is 12.9. The predicted octanol–water partition coefficient (Wildman–Crippen LogP) is 2.43. The Morgan fingerprint density at radius 3 is 2.57 bits per heavy atom. The number of hydrogen-bond donors (Lipinski definition) is 2. The van der Waals surface area contributed by atoms with Gasteiger partial charge in [-0.3, -0.25) is 9.78 Å². The van der Waals surface area contributed by atoms with E-state index in [1.165, 1.54) is 36.8 Å². The van der Waals surface area contributed by atoms with E-state index in [1.807, 2.05) is 6.92 Å². The number of aromatic nitrogens is 2. The van der Waals surface area contributed by atoms with E-state index in [2.05, 4.69) is 10.3 Å². The second-order valence-corrected chi connectivity index (χ2v) is 5.06. The van der Waals surface area contributed by atoms with Crippen LogP contribution in [0.5, 0.6) is 0 Å². The molecule has 23 heavy (non-hydrogen) atoms. The Morgan fingerprint density at radius 1 is 1.22 bits per heavy atom. The molecule has 6 nitrogen and oxygen atoms in total. The first-order valence-electron chi connectivity index (χ1n) is 6.95. The molecule has 0 aliphatic heterocycles. The predicted molar refractivity (Wildman–Crippen MR) is 83.4 cm³/mol. The van der Waals surface area contributed by atoms with Gasteiger partial charge in [-0.25, -0.2) is 13.8 Å². The zero-order chi connectivity index (χ0) is 16.4. The molecule has 2 N–H and O–H groups in total. The molecule has 3 aromatic rings. The summed E-state index contributed by atoms with van der Waals surface area (Å²) in [7, 11) is 0. The highest BCUT2D eigenvalue weighted by Crippen LogP contribution is 2.17. The number of rotatable bonds is 4. The zero-order valence-electron chi connectivity index (χ0n) is 12.2. The lowest BCUT2D eigenvalue weighted by atomic mass is 10.1. The summed E-state index contributed by atoms with van der Waals surface area (Å²) < 4.78 is 18.8. The molecular formula is C16H14FN3O3. The number of benzene rings is 1. The Hall–Kier alpha value is -3.09. The van der Waals surface area contributed by atoms with Gasteiger partial charge in [-0.1, -0.05) is 12.1 Å². The fourth-order valence-electron chi connectivity index (χ4n) is 2.27. The van der Waals surface area contributed by atoms with E-state index in [1.54, 1.807) is 12.1 Å². The van der Waals surface area contributed by atoms with Gasteiger partial charge in [0, 0.05) is 18.2 Å². The molecule has 118 valence electrons. The van der Waals surface area contributed by atoms with Crippen molar-refractivity contribution in [2.45, 2.75) is 13.0 Å². The fraction of sp³-hybridized carbons (Fsp3) is 0.125. The maximum absolute atomic E-state index is 12.9. The van der Waals surface area contributed by atoms with Crippen molar-refractivity contribution in [3.8, 4) is 5.69 Å². The van der Waals surface area contributed by atoms with E-state index in [4.69, 9.17) is 4.42 Å². The molecule has 0 radical (unpaired) electrons. The largest absolute Gasteiger partial charge is 0.470 e. The summed E-state index contributed by atoms with van der Waals surface area (Å²) in [5.74, 6) is -0.0337. The van der Waals surface area contributed by atoms with Crippen molar-refractivity contribution < 1.29 is 8.81 Å². The van der Waals surface area contributed by atoms with Gasteiger partial charge in [0.1, 0.15) is 17.9 Å². The molecule has 0 aliphatic rings. The van der Waals surface area contributed by atoms with E-state index < -0.39 is 11.2 Å². The smallest absolute Gasteiger partial charge is 0.334 e. The van der Waals surface area contributed by atoms with Crippen LogP contribution in [0.1, 0.15) is 18.5 Å². The molecule has 0 unspecified atom stereocenters. The van der Waals surface area contributed by atoms with E-state index in [9.17, 15) is 14.0 Å². The van der Waals surface area contributed by atoms with Crippen LogP contribution in [0.25, 0.3) is 5.69 Å². The van der Waals surface area contributed by atoms with E-state index in [0.29, 0.717) is 5.69 Å². The molecule has 1 aromatic carbocycles. The average molecular weight is 315 g/mol. The first-order valence-corrected chi connectivity index (χ1v) is 6.95. The number of nitrogens with one attached hydrogen (secondary N) is 2. The van der Waals surface area contributed by atoms with E-state index in [-0.39, 0.29) is 17.7 Å². The minimum absolute atomic E-state index is 0.213. The topological polar surface area (TPSA) is 80.0 Å². The lowest BCUT2D eigenvalue weighted by Gasteiger charge is -2.15. The summed E-state index contributed by atoms with van der Waals surface area (Å²) >= 11 is 0. The van der Waals surface area contributed by atoms with Crippen LogP contribution < -0.4 is 16.6 Å². The standard InChI is InChI=1S/C16H14FN3O3/c1-10(11-2-4-12(17)5-3-11)18-14-8-15(21)20(16(22)19-14)13-6-7-23-9-13/h2-10,18H,1H3,(H,19,22)/t10-/m0/s1. The maximum Gasteiger partial charge on any atom is 0.334 e. The van der Waals surface area contributed by atoms with Crippen LogP contribution in [0.2, 0.25) is 0 Å². The number of aromatic amines is 1. The Labute approximate surface area is 130 Å². The van der Waals surface area contributed by atoms with Crippen molar-refractivity contribution in [1.82, 2.24) is 9.55 Å². The first-order chi connectivity index (χ1) is 11.0. The number of anilines is 1. The van der Waals surface area contributed by atoms with Crippen LogP contribution in [0, 0.1) is 5.82 Å². The van der Waals surface area contributed by atoms with Gasteiger partial charge in [-0.15, -0.1) is 0 Å². The van der Waals surface area contributed by atoms with Gasteiger partial charge < -0.3 is 9.73 Å². The van der Waals surface area contributed by atoms with E-state index in [0.717, 1.165) is 10.1 Å². The van der Waals surface area contributed by atoms with Crippen molar-refractivity contribution in [1.29, 1.82) is 0 Å². The Kier molecular flexibility index (Phi) is 3.84. The normalized spacial score (nSPS) is 12.1. The Balaban J connectivity index is 1.88. The molecule has 3 rings (SSSR count). The second kappa shape index (κ2) is 5.96. The summed E-state index contributed by atoms with van der Waals surface area (Å²) in [6.45, 7) is 1.84. The molecule has 0 spiro atoms. The van der Waals surface area contributed by atoms with Crippen molar-refractivity contribution in [2.24, 2.45) is 0 Å². The number of halogens is 1. The highest BCUT2D eigenvalue weighted by molar-refractivity contribution is 5.38. The molecule has 2 aromatic heterocycles. The van der Waals surface area contributed by atoms with Gasteiger partial charge in [0.05, 0.1) is 12.0 Å². The molecule has 0 amide bonds. The van der Waals surface area contributed by atoms with Gasteiger partial charge >= 0.3 is 5.69 Å². The SMILES string of the molecule is C[C@H](Nc1cc(=O)n(-c2ccoc2)c(=O)[nH]1)c1ccc(F)cc1. The van der Waals surface area contributed by atoms with Crippen molar-refractivity contribution in [3.05, 3.63) is 81.1 Å². The molecule has 0 bridgehead atoms. The molecule has 2 heterocycles. The summed E-state index contributed by atoms with van der Waals surface area (Å²) in [6, 6.07) is 8.57. The minimum atomic E-state index is -0.576. The van der Waals surface area contributed by atoms with Gasteiger partial charge in [0.25, 0.3) is 5.56 Å². The lowest BCUT2D eigenvalue weighted by molar-refractivity contribution is 0.564. The highest BCUT2D eigenvalue weighted by Gasteiger charge is 2.10. The minimum Gasteiger partial charge on any atom is -0.470 e. The summed E-state index contributed by atoms with van der Waals surface area (Å²) in [6.07, 6.45) is 2.69. The van der Waals surface area contributed by atoms with Crippen LogP contribution in [0.3, 0.4) is 0 Å². The number of nitrogens with zero attached hydrogens (tertiary/aromatic N) is 1. The third-order valence-corrected chi connectivity index (χ3v) is 3.44. The number of H-pyrrole nitrogens is 1. The first kappa shape index (κ1) is 14.8. The highest BCUT2D eigenvalue weighted by atomic mass is 19.1. The summed E-state index contributed by atoms with van der Waals surface area (Å²) in [5, 5.41) is 3.02. The monoisotopic (exact) mass is 315 g/mol. The Bertz CT molecular complexity index is 880. The molecular weight excluding hydrogens is 301 g/mol. The quantitative estimate of drug-likeness (QED) is 0.775. The molecule has 0 saturated heterocycles. The molecule has 0 saturated carbocycles. The van der Waals surface area contributed by atoms with Crippen LogP contribution >= 0.6 is 0 Å². The molecule has 0 fully saturated rings. The molecule has 1 atom stereocenters. The van der Waals surface area contributed by atoms with Crippen LogP contribution in [0.4, 0.5) is 10.2 Å². The third kappa shape index (κ3) is 3.08. The van der Waals surface area contributed by atoms with Crippen molar-refractivity contribution in [2.75, 3.05) is 5.32 Å². The van der Waals surface area contributed by atoms with Gasteiger partial charge in [0.15, 0.2) is 0 Å². The number of furan rings is 1. The van der Waals surface area contributed by atoms with Crippen molar-refractivity contribution in [3.63, 3.8) is 0 Å². The fourth-order valence-corrected chi connectivity index (χ4v) is 2.27. The zero-order valence-corrected chi connectivity index (χ0v) is 12.2. The summed E-state index contributed by atoms with van der Waals surface area (Å²) in [5.41, 5.74) is 0.123. The number of hydrogen-bond acceptors (Lipinski definition) is 4. The van der Waals surface area contributed by atoms with Gasteiger partial charge in [0.2, 0.25) is 0 Å². The third-order valence-electron chi connectivity index (χ3n) is 3.44. The molecule has 0 aliphatic carbocycles. The van der Waals surface area contributed by atoms with Gasteiger partial charge in [-0.2, -0.15) is 0 Å². The average Bonchev–Trinajstić information content (AvgIpc) is 3.01. The Morgan fingerprint density at radius 2 is 1.96 bits per heavy atom. The second-order valence-electron chi connectivity index (χ2n) is 5.06. The lowest BCUT2D eigenvalue weighted by Crippen LogP contribution is -2.33. The molecule has 7 heteroatoms. The summed E-state index contributed by atoms with van der Waals surface area (Å²) in [4.78, 5) is 26.8. The van der Waals surface area contributed by atoms with Crippen LogP contribution in [-0.2, 0) is 0 Å². The van der Waals surface area contributed by atoms with E-state index >= 15 is 0 Å². The van der Waals surface area contributed by atoms with Crippen LogP contribution in [0.15, 0.2) is 62.9 Å². The van der Waals surface area contributed by atoms with Crippen LogP contribution in [-0.4, -0.2) is 9.55 Å².